The number of ether oxygens (including phenoxy) is 3. The largest absolute Gasteiger partial charge is 0.485 e. The molecule has 1 amide bonds. The lowest BCUT2D eigenvalue weighted by Gasteiger charge is -2.14. The van der Waals surface area contributed by atoms with Crippen molar-refractivity contribution in [1.29, 1.82) is 0 Å². The van der Waals surface area contributed by atoms with Gasteiger partial charge in [0.1, 0.15) is 6.61 Å². The summed E-state index contributed by atoms with van der Waals surface area (Å²) in [6, 6.07) is 6.79. The van der Waals surface area contributed by atoms with Gasteiger partial charge in [-0.15, -0.1) is 0 Å². The van der Waals surface area contributed by atoms with Crippen LogP contribution in [0.2, 0.25) is 0 Å². The van der Waals surface area contributed by atoms with Crippen LogP contribution in [0.15, 0.2) is 30.3 Å². The molecule has 1 atom stereocenters. The molecule has 0 bridgehead atoms. The van der Waals surface area contributed by atoms with Gasteiger partial charge in [0, 0.05) is 17.7 Å². The fourth-order valence-corrected chi connectivity index (χ4v) is 2.46. The molecule has 3 N–H and O–H groups in total. The highest BCUT2D eigenvalue weighted by molar-refractivity contribution is 5.79. The number of carbonyl (C=O) groups excluding carboxylic acids is 1. The Labute approximate surface area is 148 Å². The summed E-state index contributed by atoms with van der Waals surface area (Å²) in [6.45, 7) is 1.86. The lowest BCUT2D eigenvalue weighted by atomic mass is 10.1. The molecule has 26 heavy (non-hydrogen) atoms. The van der Waals surface area contributed by atoms with E-state index in [9.17, 15) is 13.6 Å². The van der Waals surface area contributed by atoms with Crippen LogP contribution in [0, 0.1) is 11.6 Å². The number of fused-ring (bicyclic) bond motifs is 1. The van der Waals surface area contributed by atoms with Gasteiger partial charge >= 0.3 is 0 Å². The number of nitrogens with two attached hydrogens (primary N) is 1. The number of hydrogen-bond acceptors (Lipinski definition) is 5. The summed E-state index contributed by atoms with van der Waals surface area (Å²) < 4.78 is 43.5. The Hall–Kier alpha value is -2.87. The monoisotopic (exact) mass is 364 g/mol. The first kappa shape index (κ1) is 17.9. The minimum Gasteiger partial charge on any atom is -0.485 e. The van der Waals surface area contributed by atoms with Crippen LogP contribution in [-0.2, 0) is 17.9 Å². The van der Waals surface area contributed by atoms with Gasteiger partial charge < -0.3 is 25.3 Å². The number of primary amides is 1. The molecule has 3 rings (SSSR count). The van der Waals surface area contributed by atoms with Gasteiger partial charge in [-0.05, 0) is 19.1 Å². The van der Waals surface area contributed by atoms with Crippen LogP contribution in [0.5, 0.6) is 17.2 Å². The summed E-state index contributed by atoms with van der Waals surface area (Å²) in [7, 11) is 0. The molecule has 0 aromatic heterocycles. The van der Waals surface area contributed by atoms with E-state index < -0.39 is 23.6 Å². The number of hydrogen-bond donors (Lipinski definition) is 2. The van der Waals surface area contributed by atoms with Gasteiger partial charge in [0.2, 0.25) is 18.4 Å². The fraction of sp³-hybridized carbons (Fsp3) is 0.278. The van der Waals surface area contributed by atoms with E-state index in [0.29, 0.717) is 23.8 Å². The standard InChI is InChI=1S/C18H18F2N2O4/c1-10(18(21)23)22-7-11-5-6-14(17-16(11)25-9-26-17)24-8-12-3-2-4-13(19)15(12)20/h2-6,10,22H,7-9H2,1H3,(H2,21,23)/t10-/m0/s1. The number of carbonyl (C=O) groups is 1. The summed E-state index contributed by atoms with van der Waals surface area (Å²) >= 11 is 0. The van der Waals surface area contributed by atoms with Crippen LogP contribution >= 0.6 is 0 Å². The smallest absolute Gasteiger partial charge is 0.234 e. The number of benzene rings is 2. The van der Waals surface area contributed by atoms with Crippen LogP contribution in [-0.4, -0.2) is 18.7 Å². The average Bonchev–Trinajstić information content (AvgIpc) is 3.11. The third-order valence-corrected chi connectivity index (χ3v) is 4.00. The summed E-state index contributed by atoms with van der Waals surface area (Å²) in [4.78, 5) is 11.1. The summed E-state index contributed by atoms with van der Waals surface area (Å²) in [5.41, 5.74) is 6.08. The molecule has 0 unspecified atom stereocenters. The van der Waals surface area contributed by atoms with Crippen molar-refractivity contribution in [2.24, 2.45) is 5.73 Å². The Morgan fingerprint density at radius 3 is 2.77 bits per heavy atom. The third kappa shape index (κ3) is 3.70. The highest BCUT2D eigenvalue weighted by Crippen LogP contribution is 2.43. The molecule has 1 heterocycles. The molecule has 1 aliphatic rings. The Kier molecular flexibility index (Phi) is 5.22. The van der Waals surface area contributed by atoms with Crippen molar-refractivity contribution < 1.29 is 27.8 Å². The highest BCUT2D eigenvalue weighted by atomic mass is 19.2. The summed E-state index contributed by atoms with van der Waals surface area (Å²) in [6.07, 6.45) is 0. The Morgan fingerprint density at radius 1 is 1.23 bits per heavy atom. The molecule has 2 aromatic carbocycles. The van der Waals surface area contributed by atoms with Crippen LogP contribution in [0.4, 0.5) is 8.78 Å². The maximum absolute atomic E-state index is 13.7. The van der Waals surface area contributed by atoms with Gasteiger partial charge in [-0.3, -0.25) is 4.79 Å². The van der Waals surface area contributed by atoms with Crippen molar-refractivity contribution in [2.75, 3.05) is 6.79 Å². The van der Waals surface area contributed by atoms with Gasteiger partial charge in [-0.25, -0.2) is 8.78 Å². The molecule has 8 heteroatoms. The van der Waals surface area contributed by atoms with Gasteiger partial charge in [0.05, 0.1) is 6.04 Å². The number of halogens is 2. The zero-order valence-corrected chi connectivity index (χ0v) is 14.1. The number of rotatable bonds is 7. The quantitative estimate of drug-likeness (QED) is 0.787. The molecule has 0 radical (unpaired) electrons. The summed E-state index contributed by atoms with van der Waals surface area (Å²) in [5.74, 6) is -1.12. The Morgan fingerprint density at radius 2 is 2.00 bits per heavy atom. The molecule has 0 saturated carbocycles. The van der Waals surface area contributed by atoms with Crippen molar-refractivity contribution in [1.82, 2.24) is 5.32 Å². The maximum atomic E-state index is 13.7. The van der Waals surface area contributed by atoms with Crippen LogP contribution in [0.25, 0.3) is 0 Å². The topological polar surface area (TPSA) is 82.8 Å². The van der Waals surface area contributed by atoms with Crippen LogP contribution in [0.1, 0.15) is 18.1 Å². The average molecular weight is 364 g/mol. The minimum atomic E-state index is -0.942. The molecule has 138 valence electrons. The van der Waals surface area contributed by atoms with Crippen molar-refractivity contribution in [3.63, 3.8) is 0 Å². The first-order chi connectivity index (χ1) is 12.5. The maximum Gasteiger partial charge on any atom is 0.234 e. The van der Waals surface area contributed by atoms with Crippen LogP contribution < -0.4 is 25.3 Å². The highest BCUT2D eigenvalue weighted by Gasteiger charge is 2.24. The van der Waals surface area contributed by atoms with Gasteiger partial charge in [-0.1, -0.05) is 18.2 Å². The Balaban J connectivity index is 1.74. The summed E-state index contributed by atoms with van der Waals surface area (Å²) in [5, 5.41) is 2.98. The predicted molar refractivity (Wildman–Crippen MR) is 88.8 cm³/mol. The Bertz CT molecular complexity index is 829. The van der Waals surface area contributed by atoms with Gasteiger partial charge in [-0.2, -0.15) is 0 Å². The second-order valence-corrected chi connectivity index (χ2v) is 5.79. The second-order valence-electron chi connectivity index (χ2n) is 5.79. The lowest BCUT2D eigenvalue weighted by molar-refractivity contribution is -0.119. The second kappa shape index (κ2) is 7.57. The third-order valence-electron chi connectivity index (χ3n) is 4.00. The van der Waals surface area contributed by atoms with E-state index >= 15 is 0 Å². The zero-order chi connectivity index (χ0) is 18.7. The van der Waals surface area contributed by atoms with Gasteiger partial charge in [0.25, 0.3) is 0 Å². The van der Waals surface area contributed by atoms with Gasteiger partial charge in [0.15, 0.2) is 23.1 Å². The van der Waals surface area contributed by atoms with E-state index in [1.165, 1.54) is 12.1 Å². The molecule has 0 aliphatic carbocycles. The molecule has 1 aliphatic heterocycles. The van der Waals surface area contributed by atoms with E-state index in [4.69, 9.17) is 19.9 Å². The van der Waals surface area contributed by atoms with E-state index in [-0.39, 0.29) is 19.0 Å². The molecule has 0 saturated heterocycles. The van der Waals surface area contributed by atoms with Crippen molar-refractivity contribution in [3.8, 4) is 17.2 Å². The minimum absolute atomic E-state index is 0.0163. The molecule has 0 spiro atoms. The normalized spacial score (nSPS) is 13.5. The number of amides is 1. The van der Waals surface area contributed by atoms with Crippen molar-refractivity contribution in [3.05, 3.63) is 53.1 Å². The van der Waals surface area contributed by atoms with E-state index in [2.05, 4.69) is 5.32 Å². The first-order valence-corrected chi connectivity index (χ1v) is 7.97. The molecule has 2 aromatic rings. The van der Waals surface area contributed by atoms with Crippen molar-refractivity contribution in [2.45, 2.75) is 26.1 Å². The molecular weight excluding hydrogens is 346 g/mol. The van der Waals surface area contributed by atoms with E-state index in [0.717, 1.165) is 11.6 Å². The molecule has 0 fully saturated rings. The van der Waals surface area contributed by atoms with E-state index in [1.54, 1.807) is 19.1 Å². The lowest BCUT2D eigenvalue weighted by Crippen LogP contribution is -2.38. The van der Waals surface area contributed by atoms with Crippen molar-refractivity contribution >= 4 is 5.91 Å². The predicted octanol–water partition coefficient (Wildman–Crippen LogP) is 2.24. The van der Waals surface area contributed by atoms with Crippen LogP contribution in [0.3, 0.4) is 0 Å². The fourth-order valence-electron chi connectivity index (χ4n) is 2.46. The number of nitrogens with one attached hydrogen (secondary N) is 1. The molecule has 6 nitrogen and oxygen atoms in total. The van der Waals surface area contributed by atoms with E-state index in [1.807, 2.05) is 0 Å². The zero-order valence-electron chi connectivity index (χ0n) is 14.1. The SMILES string of the molecule is C[C@H](NCc1ccc(OCc2cccc(F)c2F)c2c1OCO2)C(N)=O. The molecular formula is C18H18F2N2O4. The first-order valence-electron chi connectivity index (χ1n) is 7.97.